The Labute approximate surface area is 89.2 Å². The first-order valence-corrected chi connectivity index (χ1v) is 4.97. The van der Waals surface area contributed by atoms with Crippen LogP contribution in [0.25, 0.3) is 0 Å². The van der Waals surface area contributed by atoms with Crippen LogP contribution in [0.15, 0.2) is 18.2 Å². The minimum absolute atomic E-state index is 0.309. The zero-order valence-electron chi connectivity index (χ0n) is 8.82. The molecule has 0 fully saturated rings. The first-order chi connectivity index (χ1) is 7.15. The second-order valence-electron chi connectivity index (χ2n) is 3.32. The summed E-state index contributed by atoms with van der Waals surface area (Å²) in [5.74, 6) is 0.0971. The van der Waals surface area contributed by atoms with Gasteiger partial charge in [-0.25, -0.2) is 0 Å². The van der Waals surface area contributed by atoms with Crippen LogP contribution in [0.5, 0.6) is 5.75 Å². The van der Waals surface area contributed by atoms with Gasteiger partial charge in [-0.1, -0.05) is 13.3 Å². The number of unbranched alkanes of at least 4 members (excludes halogenated alkanes) is 1. The molecule has 0 atom stereocenters. The quantitative estimate of drug-likeness (QED) is 0.569. The fraction of sp³-hybridized carbons (Fsp3) is 0.364. The molecule has 1 aromatic rings. The summed E-state index contributed by atoms with van der Waals surface area (Å²) in [5.41, 5.74) is 11.4. The largest absolute Gasteiger partial charge is 0.494 e. The summed E-state index contributed by atoms with van der Waals surface area (Å²) in [7, 11) is 0. The smallest absolute Gasteiger partial charge is 0.250 e. The Balaban J connectivity index is 2.74. The Morgan fingerprint density at radius 3 is 2.80 bits per heavy atom. The van der Waals surface area contributed by atoms with Crippen molar-refractivity contribution >= 4 is 11.6 Å². The first kappa shape index (κ1) is 11.4. The van der Waals surface area contributed by atoms with Gasteiger partial charge < -0.3 is 16.2 Å². The monoisotopic (exact) mass is 208 g/mol. The molecule has 15 heavy (non-hydrogen) atoms. The summed E-state index contributed by atoms with van der Waals surface area (Å²) in [6, 6.07) is 4.94. The number of nitrogen functional groups attached to an aromatic ring is 1. The van der Waals surface area contributed by atoms with Crippen LogP contribution in [0.2, 0.25) is 0 Å². The Morgan fingerprint density at radius 2 is 2.20 bits per heavy atom. The molecule has 0 heterocycles. The van der Waals surface area contributed by atoms with Crippen LogP contribution in [0.4, 0.5) is 5.69 Å². The molecule has 1 rings (SSSR count). The van der Waals surface area contributed by atoms with Crippen molar-refractivity contribution < 1.29 is 9.53 Å². The van der Waals surface area contributed by atoms with E-state index in [2.05, 4.69) is 6.92 Å². The van der Waals surface area contributed by atoms with Crippen LogP contribution in [0.1, 0.15) is 30.1 Å². The van der Waals surface area contributed by atoms with Gasteiger partial charge in [-0.15, -0.1) is 0 Å². The molecular weight excluding hydrogens is 192 g/mol. The third-order valence-corrected chi connectivity index (χ3v) is 2.06. The molecule has 0 unspecified atom stereocenters. The van der Waals surface area contributed by atoms with E-state index in [1.165, 1.54) is 0 Å². The molecule has 0 spiro atoms. The highest BCUT2D eigenvalue weighted by molar-refractivity contribution is 5.98. The minimum atomic E-state index is -0.534. The average molecular weight is 208 g/mol. The number of amides is 1. The van der Waals surface area contributed by atoms with E-state index >= 15 is 0 Å². The molecule has 4 heteroatoms. The molecule has 1 aromatic carbocycles. The van der Waals surface area contributed by atoms with Gasteiger partial charge in [0.15, 0.2) is 0 Å². The van der Waals surface area contributed by atoms with Crippen molar-refractivity contribution in [3.05, 3.63) is 23.8 Å². The molecule has 4 nitrogen and oxygen atoms in total. The topological polar surface area (TPSA) is 78.3 Å². The van der Waals surface area contributed by atoms with E-state index in [4.69, 9.17) is 16.2 Å². The zero-order chi connectivity index (χ0) is 11.3. The molecule has 0 saturated carbocycles. The number of carbonyl (C=O) groups excluding carboxylic acids is 1. The minimum Gasteiger partial charge on any atom is -0.494 e. The Kier molecular flexibility index (Phi) is 3.97. The van der Waals surface area contributed by atoms with E-state index < -0.39 is 5.91 Å². The number of anilines is 1. The summed E-state index contributed by atoms with van der Waals surface area (Å²) in [6.07, 6.45) is 2.05. The summed E-state index contributed by atoms with van der Waals surface area (Å²) < 4.78 is 5.43. The summed E-state index contributed by atoms with van der Waals surface area (Å²) in [4.78, 5) is 11.0. The summed E-state index contributed by atoms with van der Waals surface area (Å²) in [6.45, 7) is 2.72. The Hall–Kier alpha value is -1.71. The number of benzene rings is 1. The van der Waals surface area contributed by atoms with Crippen molar-refractivity contribution in [3.63, 3.8) is 0 Å². The van der Waals surface area contributed by atoms with Crippen molar-refractivity contribution in [1.82, 2.24) is 0 Å². The number of nitrogens with two attached hydrogens (primary N) is 2. The van der Waals surface area contributed by atoms with Crippen LogP contribution < -0.4 is 16.2 Å². The first-order valence-electron chi connectivity index (χ1n) is 4.97. The Bertz CT molecular complexity index is 350. The van der Waals surface area contributed by atoms with Gasteiger partial charge in [0.2, 0.25) is 0 Å². The van der Waals surface area contributed by atoms with Gasteiger partial charge in [-0.3, -0.25) is 4.79 Å². The van der Waals surface area contributed by atoms with E-state index in [0.717, 1.165) is 12.8 Å². The maximum absolute atomic E-state index is 11.0. The molecule has 1 amide bonds. The molecule has 0 bridgehead atoms. The normalized spacial score (nSPS) is 9.93. The molecule has 0 aliphatic carbocycles. The van der Waals surface area contributed by atoms with E-state index in [1.807, 2.05) is 0 Å². The van der Waals surface area contributed by atoms with E-state index in [-0.39, 0.29) is 0 Å². The lowest BCUT2D eigenvalue weighted by molar-refractivity contribution is 0.100. The molecule has 0 aliphatic rings. The van der Waals surface area contributed by atoms with Crippen molar-refractivity contribution in [2.45, 2.75) is 19.8 Å². The molecule has 0 aliphatic heterocycles. The van der Waals surface area contributed by atoms with Crippen LogP contribution >= 0.6 is 0 Å². The highest BCUT2D eigenvalue weighted by Crippen LogP contribution is 2.19. The fourth-order valence-electron chi connectivity index (χ4n) is 1.17. The maximum atomic E-state index is 11.0. The van der Waals surface area contributed by atoms with Gasteiger partial charge in [0.05, 0.1) is 12.2 Å². The predicted molar refractivity (Wildman–Crippen MR) is 59.8 cm³/mol. The predicted octanol–water partition coefficient (Wildman–Crippen LogP) is 1.55. The standard InChI is InChI=1S/C11H16N2O2/c1-2-3-6-15-8-4-5-10(12)9(7-8)11(13)14/h4-5,7H,2-3,6,12H2,1H3,(H2,13,14). The van der Waals surface area contributed by atoms with E-state index in [9.17, 15) is 4.79 Å². The highest BCUT2D eigenvalue weighted by Gasteiger charge is 2.06. The molecular formula is C11H16N2O2. The second-order valence-corrected chi connectivity index (χ2v) is 3.32. The van der Waals surface area contributed by atoms with Crippen molar-refractivity contribution in [2.75, 3.05) is 12.3 Å². The zero-order valence-corrected chi connectivity index (χ0v) is 8.82. The maximum Gasteiger partial charge on any atom is 0.250 e. The van der Waals surface area contributed by atoms with E-state index in [0.29, 0.717) is 23.6 Å². The SMILES string of the molecule is CCCCOc1ccc(N)c(C(N)=O)c1. The number of hydrogen-bond donors (Lipinski definition) is 2. The number of primary amides is 1. The van der Waals surface area contributed by atoms with Crippen molar-refractivity contribution in [2.24, 2.45) is 5.73 Å². The lowest BCUT2D eigenvalue weighted by atomic mass is 10.1. The van der Waals surface area contributed by atoms with Gasteiger partial charge in [0, 0.05) is 5.69 Å². The van der Waals surface area contributed by atoms with Gasteiger partial charge in [0.25, 0.3) is 5.91 Å². The van der Waals surface area contributed by atoms with Crippen LogP contribution in [-0.2, 0) is 0 Å². The number of carbonyl (C=O) groups is 1. The number of hydrogen-bond acceptors (Lipinski definition) is 3. The Morgan fingerprint density at radius 1 is 1.47 bits per heavy atom. The molecule has 0 radical (unpaired) electrons. The lowest BCUT2D eigenvalue weighted by Gasteiger charge is -2.07. The summed E-state index contributed by atoms with van der Waals surface area (Å²) >= 11 is 0. The average Bonchev–Trinajstić information content (AvgIpc) is 2.20. The number of ether oxygens (including phenoxy) is 1. The molecule has 0 aromatic heterocycles. The fourth-order valence-corrected chi connectivity index (χ4v) is 1.17. The van der Waals surface area contributed by atoms with Crippen LogP contribution in [0.3, 0.4) is 0 Å². The highest BCUT2D eigenvalue weighted by atomic mass is 16.5. The van der Waals surface area contributed by atoms with Crippen molar-refractivity contribution in [3.8, 4) is 5.75 Å². The van der Waals surface area contributed by atoms with Gasteiger partial charge in [-0.2, -0.15) is 0 Å². The van der Waals surface area contributed by atoms with Crippen LogP contribution in [-0.4, -0.2) is 12.5 Å². The van der Waals surface area contributed by atoms with Gasteiger partial charge in [-0.05, 0) is 24.6 Å². The third kappa shape index (κ3) is 3.16. The van der Waals surface area contributed by atoms with E-state index in [1.54, 1.807) is 18.2 Å². The molecule has 4 N–H and O–H groups in total. The third-order valence-electron chi connectivity index (χ3n) is 2.06. The molecule has 82 valence electrons. The molecule has 0 saturated heterocycles. The van der Waals surface area contributed by atoms with Gasteiger partial charge >= 0.3 is 0 Å². The second kappa shape index (κ2) is 5.24. The van der Waals surface area contributed by atoms with Crippen LogP contribution in [0, 0.1) is 0 Å². The summed E-state index contributed by atoms with van der Waals surface area (Å²) in [5, 5.41) is 0. The van der Waals surface area contributed by atoms with Gasteiger partial charge in [0.1, 0.15) is 5.75 Å². The lowest BCUT2D eigenvalue weighted by Crippen LogP contribution is -2.13. The van der Waals surface area contributed by atoms with Crippen molar-refractivity contribution in [1.29, 1.82) is 0 Å². The number of rotatable bonds is 5.